The molecular formula is C21H18Br2ClN7O2. The highest BCUT2D eigenvalue weighted by Crippen LogP contribution is 2.30. The van der Waals surface area contributed by atoms with Crippen LogP contribution in [0.15, 0.2) is 51.8 Å². The van der Waals surface area contributed by atoms with Crippen LogP contribution in [0.5, 0.6) is 0 Å². The van der Waals surface area contributed by atoms with E-state index in [0.29, 0.717) is 25.4 Å². The highest BCUT2D eigenvalue weighted by molar-refractivity contribution is 9.10. The Kier molecular flexibility index (Phi) is 6.30. The van der Waals surface area contributed by atoms with E-state index < -0.39 is 17.4 Å². The van der Waals surface area contributed by atoms with E-state index in [-0.39, 0.29) is 17.1 Å². The molecule has 4 rings (SSSR count). The van der Waals surface area contributed by atoms with Gasteiger partial charge in [-0.15, -0.1) is 0 Å². The van der Waals surface area contributed by atoms with Crippen LogP contribution in [0.3, 0.4) is 0 Å². The first-order chi connectivity index (χ1) is 15.5. The van der Waals surface area contributed by atoms with Crippen LogP contribution in [-0.2, 0) is 0 Å². The lowest BCUT2D eigenvalue weighted by Crippen LogP contribution is -2.41. The first-order valence-electron chi connectivity index (χ1n) is 9.72. The molecule has 2 N–H and O–H groups in total. The lowest BCUT2D eigenvalue weighted by molar-refractivity contribution is 0.0913. The zero-order chi connectivity index (χ0) is 23.9. The van der Waals surface area contributed by atoms with Gasteiger partial charge in [0.25, 0.3) is 11.8 Å². The number of rotatable bonds is 4. The van der Waals surface area contributed by atoms with Crippen LogP contribution in [0.25, 0.3) is 11.3 Å². The third-order valence-electron chi connectivity index (χ3n) is 4.43. The fourth-order valence-corrected chi connectivity index (χ4v) is 4.24. The van der Waals surface area contributed by atoms with Crippen LogP contribution in [0.2, 0.25) is 5.02 Å². The van der Waals surface area contributed by atoms with Gasteiger partial charge in [-0.25, -0.2) is 14.2 Å². The van der Waals surface area contributed by atoms with E-state index in [1.165, 1.54) is 15.3 Å². The van der Waals surface area contributed by atoms with Gasteiger partial charge in [0, 0.05) is 22.3 Å². The molecule has 0 spiro atoms. The molecule has 0 radical (unpaired) electrons. The minimum absolute atomic E-state index is 0.164. The van der Waals surface area contributed by atoms with Gasteiger partial charge in [0.15, 0.2) is 11.5 Å². The highest BCUT2D eigenvalue weighted by atomic mass is 79.9. The molecule has 0 bridgehead atoms. The van der Waals surface area contributed by atoms with Crippen LogP contribution in [0.1, 0.15) is 41.7 Å². The summed E-state index contributed by atoms with van der Waals surface area (Å²) in [5.41, 5.74) is 0.783. The van der Waals surface area contributed by atoms with Crippen LogP contribution in [-0.4, -0.2) is 41.7 Å². The molecule has 4 aromatic rings. The van der Waals surface area contributed by atoms with Gasteiger partial charge in [-0.1, -0.05) is 11.6 Å². The zero-order valence-electron chi connectivity index (χ0n) is 17.7. The maximum Gasteiger partial charge on any atom is 0.274 e. The number of carbonyl (C=O) groups excluding carboxylic acids is 2. The number of amides is 2. The molecule has 0 atom stereocenters. The van der Waals surface area contributed by atoms with Crippen molar-refractivity contribution in [3.05, 3.63) is 68.2 Å². The number of hydrogen-bond acceptors (Lipinski definition) is 5. The smallest absolute Gasteiger partial charge is 0.274 e. The Bertz CT molecular complexity index is 1390. The predicted octanol–water partition coefficient (Wildman–Crippen LogP) is 4.87. The molecule has 0 fully saturated rings. The average molecular weight is 596 g/mol. The summed E-state index contributed by atoms with van der Waals surface area (Å²) in [5.74, 6) is -0.621. The van der Waals surface area contributed by atoms with E-state index in [2.05, 4.69) is 57.7 Å². The van der Waals surface area contributed by atoms with Crippen molar-refractivity contribution in [1.29, 1.82) is 0 Å². The van der Waals surface area contributed by atoms with Gasteiger partial charge >= 0.3 is 0 Å². The fourth-order valence-electron chi connectivity index (χ4n) is 3.15. The number of anilines is 1. The van der Waals surface area contributed by atoms with Gasteiger partial charge in [0.2, 0.25) is 0 Å². The predicted molar refractivity (Wildman–Crippen MR) is 132 cm³/mol. The molecule has 4 aromatic heterocycles. The Labute approximate surface area is 210 Å². The van der Waals surface area contributed by atoms with Crippen molar-refractivity contribution in [2.45, 2.75) is 26.3 Å². The molecule has 0 aliphatic heterocycles. The number of carbonyl (C=O) groups is 2. The van der Waals surface area contributed by atoms with Gasteiger partial charge in [-0.2, -0.15) is 10.2 Å². The molecule has 170 valence electrons. The van der Waals surface area contributed by atoms with Gasteiger partial charge in [-0.05, 0) is 76.9 Å². The molecule has 12 heteroatoms. The van der Waals surface area contributed by atoms with E-state index in [1.54, 1.807) is 36.7 Å². The van der Waals surface area contributed by atoms with Gasteiger partial charge < -0.3 is 10.6 Å². The first-order valence-corrected chi connectivity index (χ1v) is 11.7. The number of pyridine rings is 2. The molecule has 0 saturated heterocycles. The lowest BCUT2D eigenvalue weighted by atomic mass is 10.1. The van der Waals surface area contributed by atoms with Crippen molar-refractivity contribution in [2.24, 2.45) is 0 Å². The lowest BCUT2D eigenvalue weighted by Gasteiger charge is -2.22. The number of aromatic nitrogens is 5. The standard InChI is InChI=1S/C21H18Br2ClN7O2/c1-21(2,3)28-20(33)17-16(12(22)9-11-6-8-26-30(11)17)27-19(32)14-10-15(23)29-31(14)18-13(24)5-4-7-25-18/h4-10H,1-3H3,(H,27,32)(H,28,33). The van der Waals surface area contributed by atoms with Crippen molar-refractivity contribution in [1.82, 2.24) is 29.7 Å². The van der Waals surface area contributed by atoms with Crippen LogP contribution < -0.4 is 10.6 Å². The van der Waals surface area contributed by atoms with Crippen LogP contribution >= 0.6 is 43.5 Å². The summed E-state index contributed by atoms with van der Waals surface area (Å²) in [7, 11) is 0. The van der Waals surface area contributed by atoms with Crippen molar-refractivity contribution >= 4 is 66.5 Å². The number of fused-ring (bicyclic) bond motifs is 1. The SMILES string of the molecule is CC(C)(C)NC(=O)c1c(NC(=O)c2cc(Br)nn2-c2ncccc2Cl)c(Br)cc2ccnn12. The summed E-state index contributed by atoms with van der Waals surface area (Å²) in [6.45, 7) is 5.61. The average Bonchev–Trinajstić information content (AvgIpc) is 3.33. The maximum absolute atomic E-state index is 13.4. The second-order valence-corrected chi connectivity index (χ2v) is 10.2. The van der Waals surface area contributed by atoms with E-state index in [1.807, 2.05) is 20.8 Å². The van der Waals surface area contributed by atoms with E-state index in [9.17, 15) is 9.59 Å². The number of nitrogens with zero attached hydrogens (tertiary/aromatic N) is 5. The van der Waals surface area contributed by atoms with Crippen molar-refractivity contribution in [3.63, 3.8) is 0 Å². The molecule has 0 aromatic carbocycles. The molecule has 4 heterocycles. The van der Waals surface area contributed by atoms with Gasteiger partial charge in [0.05, 0.1) is 22.4 Å². The van der Waals surface area contributed by atoms with Crippen molar-refractivity contribution < 1.29 is 9.59 Å². The van der Waals surface area contributed by atoms with Crippen LogP contribution in [0.4, 0.5) is 5.69 Å². The third-order valence-corrected chi connectivity index (χ3v) is 5.74. The second-order valence-electron chi connectivity index (χ2n) is 8.11. The zero-order valence-corrected chi connectivity index (χ0v) is 21.7. The third kappa shape index (κ3) is 4.80. The van der Waals surface area contributed by atoms with Gasteiger partial charge in [0.1, 0.15) is 10.3 Å². The maximum atomic E-state index is 13.4. The Morgan fingerprint density at radius 3 is 2.55 bits per heavy atom. The fraction of sp³-hybridized carbons (Fsp3) is 0.190. The molecule has 9 nitrogen and oxygen atoms in total. The second kappa shape index (κ2) is 8.88. The summed E-state index contributed by atoms with van der Waals surface area (Å²) in [4.78, 5) is 30.8. The topological polar surface area (TPSA) is 106 Å². The Morgan fingerprint density at radius 1 is 1.09 bits per heavy atom. The Morgan fingerprint density at radius 2 is 1.85 bits per heavy atom. The summed E-state index contributed by atoms with van der Waals surface area (Å²) in [6.07, 6.45) is 3.13. The molecule has 0 aliphatic rings. The highest BCUT2D eigenvalue weighted by Gasteiger charge is 2.26. The summed E-state index contributed by atoms with van der Waals surface area (Å²) in [5, 5.41) is 14.6. The van der Waals surface area contributed by atoms with Gasteiger partial charge in [-0.3, -0.25) is 9.59 Å². The normalized spacial score (nSPS) is 11.6. The van der Waals surface area contributed by atoms with E-state index in [4.69, 9.17) is 11.6 Å². The van der Waals surface area contributed by atoms with Crippen molar-refractivity contribution in [3.8, 4) is 5.82 Å². The number of hydrogen-bond donors (Lipinski definition) is 2. The molecular weight excluding hydrogens is 578 g/mol. The van der Waals surface area contributed by atoms with E-state index in [0.717, 1.165) is 0 Å². The summed E-state index contributed by atoms with van der Waals surface area (Å²) < 4.78 is 3.74. The molecule has 2 amide bonds. The summed E-state index contributed by atoms with van der Waals surface area (Å²) in [6, 6.07) is 8.40. The summed E-state index contributed by atoms with van der Waals surface area (Å²) >= 11 is 13.1. The van der Waals surface area contributed by atoms with Crippen molar-refractivity contribution in [2.75, 3.05) is 5.32 Å². The number of halogens is 3. The molecule has 0 aliphatic carbocycles. The molecule has 0 saturated carbocycles. The Balaban J connectivity index is 1.80. The Hall–Kier alpha value is -2.76. The first kappa shape index (κ1) is 23.4. The minimum Gasteiger partial charge on any atom is -0.346 e. The van der Waals surface area contributed by atoms with Crippen LogP contribution in [0, 0.1) is 0 Å². The van der Waals surface area contributed by atoms with E-state index >= 15 is 0 Å². The number of nitrogens with one attached hydrogen (secondary N) is 2. The monoisotopic (exact) mass is 593 g/mol. The quantitative estimate of drug-likeness (QED) is 0.350. The largest absolute Gasteiger partial charge is 0.346 e. The molecule has 33 heavy (non-hydrogen) atoms. The molecule has 0 unspecified atom stereocenters. The minimum atomic E-state index is -0.521.